The van der Waals surface area contributed by atoms with Crippen molar-refractivity contribution in [3.63, 3.8) is 0 Å². The summed E-state index contributed by atoms with van der Waals surface area (Å²) < 4.78 is 0. The topological polar surface area (TPSA) is 20.2 Å². The van der Waals surface area contributed by atoms with E-state index in [0.29, 0.717) is 0 Å². The van der Waals surface area contributed by atoms with Crippen LogP contribution in [-0.4, -0.2) is 17.0 Å². The number of aryl methyl sites for hydroxylation is 1. The molecule has 0 amide bonds. The van der Waals surface area contributed by atoms with Gasteiger partial charge >= 0.3 is 0 Å². The zero-order valence-electron chi connectivity index (χ0n) is 11.8. The first-order valence-electron chi connectivity index (χ1n) is 7.25. The summed E-state index contributed by atoms with van der Waals surface area (Å²) in [4.78, 5) is 1.33. The molecule has 20 heavy (non-hydrogen) atoms. The van der Waals surface area contributed by atoms with Gasteiger partial charge in [-0.25, -0.2) is 0 Å². The predicted molar refractivity (Wildman–Crippen MR) is 85.4 cm³/mol. The molecule has 1 N–H and O–H groups in total. The van der Waals surface area contributed by atoms with Crippen LogP contribution < -0.4 is 0 Å². The lowest BCUT2D eigenvalue weighted by Crippen LogP contribution is -2.21. The summed E-state index contributed by atoms with van der Waals surface area (Å²) >= 11 is 1.86. The predicted octanol–water partition coefficient (Wildman–Crippen LogP) is 4.04. The lowest BCUT2D eigenvalue weighted by molar-refractivity contribution is 0.151. The van der Waals surface area contributed by atoms with Gasteiger partial charge in [-0.15, -0.1) is 11.8 Å². The monoisotopic (exact) mass is 284 g/mol. The molecule has 104 valence electrons. The van der Waals surface area contributed by atoms with E-state index in [1.54, 1.807) is 0 Å². The van der Waals surface area contributed by atoms with E-state index in [-0.39, 0.29) is 12.0 Å². The van der Waals surface area contributed by atoms with Gasteiger partial charge < -0.3 is 5.11 Å². The van der Waals surface area contributed by atoms with E-state index in [1.165, 1.54) is 21.6 Å². The van der Waals surface area contributed by atoms with E-state index in [1.807, 2.05) is 11.8 Å². The van der Waals surface area contributed by atoms with Gasteiger partial charge in [0.1, 0.15) is 0 Å². The number of aliphatic hydroxyl groups is 1. The van der Waals surface area contributed by atoms with Crippen LogP contribution in [0.5, 0.6) is 0 Å². The molecule has 3 rings (SSSR count). The molecule has 0 spiro atoms. The molecule has 1 heterocycles. The van der Waals surface area contributed by atoms with Gasteiger partial charge in [-0.1, -0.05) is 49.4 Å². The van der Waals surface area contributed by atoms with Crippen LogP contribution in [0.25, 0.3) is 0 Å². The van der Waals surface area contributed by atoms with Crippen molar-refractivity contribution in [2.24, 2.45) is 0 Å². The second kappa shape index (κ2) is 6.02. The molecule has 0 aromatic heterocycles. The Balaban J connectivity index is 1.72. The van der Waals surface area contributed by atoms with E-state index in [2.05, 4.69) is 55.5 Å². The summed E-state index contributed by atoms with van der Waals surface area (Å²) in [7, 11) is 0. The number of rotatable bonds is 4. The normalized spacial score (nSPS) is 18.8. The van der Waals surface area contributed by atoms with E-state index in [0.717, 1.165) is 18.6 Å². The SMILES string of the molecule is CCc1ccc(CC(O)C2CSc3ccccc32)cc1. The molecule has 0 fully saturated rings. The summed E-state index contributed by atoms with van der Waals surface area (Å²) in [6.45, 7) is 2.16. The van der Waals surface area contributed by atoms with Gasteiger partial charge in [0, 0.05) is 16.6 Å². The first kappa shape index (κ1) is 13.7. The fourth-order valence-corrected chi connectivity index (χ4v) is 4.12. The van der Waals surface area contributed by atoms with E-state index < -0.39 is 0 Å². The van der Waals surface area contributed by atoms with Crippen molar-refractivity contribution in [3.05, 3.63) is 65.2 Å². The van der Waals surface area contributed by atoms with Gasteiger partial charge in [0.05, 0.1) is 6.10 Å². The molecular weight excluding hydrogens is 264 g/mol. The Labute approximate surface area is 125 Å². The molecule has 0 radical (unpaired) electrons. The number of thioether (sulfide) groups is 1. The van der Waals surface area contributed by atoms with Gasteiger partial charge in [0.25, 0.3) is 0 Å². The smallest absolute Gasteiger partial charge is 0.0657 e. The average molecular weight is 284 g/mol. The second-order valence-electron chi connectivity index (χ2n) is 5.40. The molecule has 2 aromatic carbocycles. The highest BCUT2D eigenvalue weighted by Gasteiger charge is 2.28. The Morgan fingerprint density at radius 1 is 1.10 bits per heavy atom. The largest absolute Gasteiger partial charge is 0.392 e. The Kier molecular flexibility index (Phi) is 4.13. The van der Waals surface area contributed by atoms with Crippen LogP contribution in [-0.2, 0) is 12.8 Å². The molecule has 2 atom stereocenters. The molecular formula is C18H20OS. The Hall–Kier alpha value is -1.25. The van der Waals surface area contributed by atoms with Crippen molar-refractivity contribution in [2.75, 3.05) is 5.75 Å². The first-order chi connectivity index (χ1) is 9.78. The van der Waals surface area contributed by atoms with Crippen LogP contribution in [0.2, 0.25) is 0 Å². The van der Waals surface area contributed by atoms with Crippen LogP contribution in [0.4, 0.5) is 0 Å². The summed E-state index contributed by atoms with van der Waals surface area (Å²) in [6, 6.07) is 17.1. The van der Waals surface area contributed by atoms with Crippen molar-refractivity contribution in [2.45, 2.75) is 36.7 Å². The zero-order valence-corrected chi connectivity index (χ0v) is 12.6. The molecule has 2 unspecified atom stereocenters. The number of hydrogen-bond donors (Lipinski definition) is 1. The fraction of sp³-hybridized carbons (Fsp3) is 0.333. The zero-order chi connectivity index (χ0) is 13.9. The fourth-order valence-electron chi connectivity index (χ4n) is 2.80. The van der Waals surface area contributed by atoms with Crippen molar-refractivity contribution in [1.82, 2.24) is 0 Å². The summed E-state index contributed by atoms with van der Waals surface area (Å²) in [6.07, 6.45) is 1.51. The molecule has 2 heteroatoms. The Morgan fingerprint density at radius 3 is 2.55 bits per heavy atom. The average Bonchev–Trinajstić information content (AvgIpc) is 2.92. The molecule has 0 saturated carbocycles. The third-order valence-corrected chi connectivity index (χ3v) is 5.29. The van der Waals surface area contributed by atoms with Crippen LogP contribution in [0.1, 0.15) is 29.5 Å². The highest BCUT2D eigenvalue weighted by Crippen LogP contribution is 2.41. The van der Waals surface area contributed by atoms with Crippen molar-refractivity contribution >= 4 is 11.8 Å². The summed E-state index contributed by atoms with van der Waals surface area (Å²) in [5, 5.41) is 10.6. The Morgan fingerprint density at radius 2 is 1.80 bits per heavy atom. The molecule has 1 aliphatic heterocycles. The maximum absolute atomic E-state index is 10.6. The lowest BCUT2D eigenvalue weighted by Gasteiger charge is -2.18. The summed E-state index contributed by atoms with van der Waals surface area (Å²) in [5.41, 5.74) is 3.89. The lowest BCUT2D eigenvalue weighted by atomic mass is 9.91. The van der Waals surface area contributed by atoms with E-state index in [9.17, 15) is 5.11 Å². The van der Waals surface area contributed by atoms with Gasteiger partial charge in [-0.3, -0.25) is 0 Å². The minimum Gasteiger partial charge on any atom is -0.392 e. The van der Waals surface area contributed by atoms with Crippen molar-refractivity contribution in [3.8, 4) is 0 Å². The van der Waals surface area contributed by atoms with Gasteiger partial charge in [-0.05, 0) is 35.6 Å². The van der Waals surface area contributed by atoms with Crippen LogP contribution >= 0.6 is 11.8 Å². The highest BCUT2D eigenvalue weighted by molar-refractivity contribution is 7.99. The van der Waals surface area contributed by atoms with Crippen LogP contribution in [0.15, 0.2) is 53.4 Å². The minimum atomic E-state index is -0.293. The van der Waals surface area contributed by atoms with Crippen molar-refractivity contribution < 1.29 is 5.11 Å². The van der Waals surface area contributed by atoms with Gasteiger partial charge in [0.15, 0.2) is 0 Å². The molecule has 0 saturated heterocycles. The number of benzene rings is 2. The van der Waals surface area contributed by atoms with E-state index >= 15 is 0 Å². The molecule has 2 aromatic rings. The molecule has 0 aliphatic carbocycles. The van der Waals surface area contributed by atoms with Gasteiger partial charge in [0.2, 0.25) is 0 Å². The number of hydrogen-bond acceptors (Lipinski definition) is 2. The summed E-state index contributed by atoms with van der Waals surface area (Å²) in [5.74, 6) is 1.26. The highest BCUT2D eigenvalue weighted by atomic mass is 32.2. The standard InChI is InChI=1S/C18H20OS/c1-2-13-7-9-14(10-8-13)11-17(19)16-12-20-18-6-4-3-5-15(16)18/h3-10,16-17,19H,2,11-12H2,1H3. The first-order valence-corrected chi connectivity index (χ1v) is 8.24. The minimum absolute atomic E-state index is 0.266. The van der Waals surface area contributed by atoms with E-state index in [4.69, 9.17) is 0 Å². The molecule has 0 bridgehead atoms. The van der Waals surface area contributed by atoms with Crippen LogP contribution in [0, 0.1) is 0 Å². The number of aliphatic hydroxyl groups excluding tert-OH is 1. The maximum Gasteiger partial charge on any atom is 0.0657 e. The third kappa shape index (κ3) is 2.77. The molecule has 1 nitrogen and oxygen atoms in total. The second-order valence-corrected chi connectivity index (χ2v) is 6.46. The van der Waals surface area contributed by atoms with Crippen LogP contribution in [0.3, 0.4) is 0 Å². The number of fused-ring (bicyclic) bond motifs is 1. The van der Waals surface area contributed by atoms with Crippen molar-refractivity contribution in [1.29, 1.82) is 0 Å². The quantitative estimate of drug-likeness (QED) is 0.914. The maximum atomic E-state index is 10.6. The Bertz CT molecular complexity index is 576. The molecule has 1 aliphatic rings. The third-order valence-electron chi connectivity index (χ3n) is 4.08. The van der Waals surface area contributed by atoms with Gasteiger partial charge in [-0.2, -0.15) is 0 Å².